The minimum Gasteiger partial charge on any atom is -0.481 e. The van der Waals surface area contributed by atoms with Crippen LogP contribution in [0.4, 0.5) is 0 Å². The molecule has 1 unspecified atom stereocenters. The number of rotatable bonds is 12. The van der Waals surface area contributed by atoms with Crippen molar-refractivity contribution in [3.05, 3.63) is 60.2 Å². The lowest BCUT2D eigenvalue weighted by molar-refractivity contribution is -0.142. The quantitative estimate of drug-likeness (QED) is 0.455. The predicted octanol–water partition coefficient (Wildman–Crippen LogP) is 3.44. The van der Waals surface area contributed by atoms with E-state index < -0.39 is 23.8 Å². The van der Waals surface area contributed by atoms with Gasteiger partial charge in [-0.25, -0.2) is 0 Å². The van der Waals surface area contributed by atoms with Crippen LogP contribution in [-0.2, 0) is 19.1 Å². The highest BCUT2D eigenvalue weighted by Crippen LogP contribution is 2.24. The first-order chi connectivity index (χ1) is 17.7. The molecule has 2 amide bonds. The van der Waals surface area contributed by atoms with Crippen molar-refractivity contribution in [2.45, 2.75) is 32.7 Å². The summed E-state index contributed by atoms with van der Waals surface area (Å²) in [7, 11) is 1.74. The Hall–Kier alpha value is -3.23. The van der Waals surface area contributed by atoms with E-state index in [0.717, 1.165) is 24.2 Å². The molecule has 8 heteroatoms. The lowest BCUT2D eigenvalue weighted by Gasteiger charge is -2.30. The Labute approximate surface area is 219 Å². The van der Waals surface area contributed by atoms with Gasteiger partial charge in [-0.15, -0.1) is 0 Å². The van der Waals surface area contributed by atoms with E-state index in [-0.39, 0.29) is 18.2 Å². The third-order valence-electron chi connectivity index (χ3n) is 6.66. The molecule has 0 saturated carbocycles. The lowest BCUT2D eigenvalue weighted by Crippen LogP contribution is -2.46. The number of benzene rings is 2. The Morgan fingerprint density at radius 3 is 2.22 bits per heavy atom. The second kappa shape index (κ2) is 13.9. The number of morpholine rings is 1. The van der Waals surface area contributed by atoms with Gasteiger partial charge in [0.15, 0.2) is 0 Å². The van der Waals surface area contributed by atoms with E-state index in [1.807, 2.05) is 68.4 Å². The molecule has 0 bridgehead atoms. The van der Waals surface area contributed by atoms with Crippen molar-refractivity contribution in [2.24, 2.45) is 11.8 Å². The van der Waals surface area contributed by atoms with E-state index >= 15 is 0 Å². The molecule has 0 aliphatic carbocycles. The lowest BCUT2D eigenvalue weighted by atomic mass is 9.92. The zero-order valence-electron chi connectivity index (χ0n) is 22.1. The van der Waals surface area contributed by atoms with Crippen molar-refractivity contribution in [2.75, 3.05) is 46.4 Å². The number of nitrogens with zero attached hydrogens (tertiary/aromatic N) is 2. The highest BCUT2D eigenvalue weighted by Gasteiger charge is 2.30. The van der Waals surface area contributed by atoms with E-state index in [2.05, 4.69) is 10.2 Å². The van der Waals surface area contributed by atoms with Gasteiger partial charge < -0.3 is 20.1 Å². The van der Waals surface area contributed by atoms with Crippen LogP contribution in [-0.4, -0.2) is 79.1 Å². The fraction of sp³-hybridized carbons (Fsp3) is 0.483. The summed E-state index contributed by atoms with van der Waals surface area (Å²) < 4.78 is 5.40. The smallest absolute Gasteiger partial charge is 0.304 e. The Balaban J connectivity index is 1.80. The number of carbonyl (C=O) groups excluding carboxylic acids is 2. The van der Waals surface area contributed by atoms with E-state index in [1.165, 1.54) is 0 Å². The number of hydrogen-bond donors (Lipinski definition) is 2. The molecule has 3 rings (SSSR count). The van der Waals surface area contributed by atoms with Gasteiger partial charge in [0.2, 0.25) is 11.8 Å². The van der Waals surface area contributed by atoms with E-state index in [4.69, 9.17) is 4.74 Å². The van der Waals surface area contributed by atoms with Gasteiger partial charge in [-0.05, 0) is 29.0 Å². The molecule has 2 aromatic rings. The van der Waals surface area contributed by atoms with Gasteiger partial charge in [0.05, 0.1) is 19.6 Å². The molecular formula is C29H39N3O5. The van der Waals surface area contributed by atoms with Crippen molar-refractivity contribution in [3.63, 3.8) is 0 Å². The number of carboxylic acid groups (broad SMARTS) is 1. The minimum atomic E-state index is -1.03. The van der Waals surface area contributed by atoms with Gasteiger partial charge in [0, 0.05) is 39.1 Å². The number of hydrogen-bond acceptors (Lipinski definition) is 5. The van der Waals surface area contributed by atoms with Crippen LogP contribution in [0, 0.1) is 11.8 Å². The molecule has 2 N–H and O–H groups in total. The molecule has 2 aromatic carbocycles. The Morgan fingerprint density at radius 1 is 1.00 bits per heavy atom. The summed E-state index contributed by atoms with van der Waals surface area (Å²) in [6, 6.07) is 16.6. The van der Waals surface area contributed by atoms with Crippen molar-refractivity contribution in [1.29, 1.82) is 0 Å². The average Bonchev–Trinajstić information content (AvgIpc) is 2.90. The van der Waals surface area contributed by atoms with Gasteiger partial charge in [-0.3, -0.25) is 19.3 Å². The van der Waals surface area contributed by atoms with E-state index in [0.29, 0.717) is 38.3 Å². The fourth-order valence-corrected chi connectivity index (χ4v) is 4.56. The van der Waals surface area contributed by atoms with Crippen LogP contribution in [0.25, 0.3) is 11.1 Å². The standard InChI is InChI=1S/C29H39N3O5/c1-21(2)19-25(20-26(33)34)28(35)30-27(29(36)31(3)13-14-32-15-17-37-18-16-32)24-11-9-23(10-12-24)22-7-5-4-6-8-22/h4-12,21,25,27H,13-20H2,1-3H3,(H,30,35)(H,33,34)/t25-,27?/m1/s1. The zero-order chi connectivity index (χ0) is 26.8. The zero-order valence-corrected chi connectivity index (χ0v) is 22.1. The number of carbonyl (C=O) groups is 3. The van der Waals surface area contributed by atoms with Crippen molar-refractivity contribution in [1.82, 2.24) is 15.1 Å². The summed E-state index contributed by atoms with van der Waals surface area (Å²) in [6.07, 6.45) is 0.156. The predicted molar refractivity (Wildman–Crippen MR) is 143 cm³/mol. The monoisotopic (exact) mass is 509 g/mol. The highest BCUT2D eigenvalue weighted by molar-refractivity contribution is 5.90. The maximum atomic E-state index is 13.6. The number of carboxylic acids is 1. The third-order valence-corrected chi connectivity index (χ3v) is 6.66. The molecule has 0 aromatic heterocycles. The van der Waals surface area contributed by atoms with Crippen molar-refractivity contribution >= 4 is 17.8 Å². The fourth-order valence-electron chi connectivity index (χ4n) is 4.56. The van der Waals surface area contributed by atoms with Crippen LogP contribution >= 0.6 is 0 Å². The third kappa shape index (κ3) is 8.68. The maximum Gasteiger partial charge on any atom is 0.304 e. The highest BCUT2D eigenvalue weighted by atomic mass is 16.5. The summed E-state index contributed by atoms with van der Waals surface area (Å²) >= 11 is 0. The topological polar surface area (TPSA) is 99.2 Å². The Kier molecular flexibility index (Phi) is 10.7. The molecular weight excluding hydrogens is 470 g/mol. The number of aliphatic carboxylic acids is 1. The normalized spacial score (nSPS) is 15.7. The second-order valence-electron chi connectivity index (χ2n) is 10.1. The molecule has 1 fully saturated rings. The molecule has 2 atom stereocenters. The Morgan fingerprint density at radius 2 is 1.62 bits per heavy atom. The van der Waals surface area contributed by atoms with Gasteiger partial charge in [0.25, 0.3) is 0 Å². The molecule has 8 nitrogen and oxygen atoms in total. The van der Waals surface area contributed by atoms with Gasteiger partial charge in [-0.1, -0.05) is 68.4 Å². The van der Waals surface area contributed by atoms with E-state index in [1.54, 1.807) is 11.9 Å². The Bertz CT molecular complexity index is 1020. The summed E-state index contributed by atoms with van der Waals surface area (Å²) in [5, 5.41) is 12.3. The average molecular weight is 510 g/mol. The number of amides is 2. The molecule has 1 heterocycles. The van der Waals surface area contributed by atoms with Crippen LogP contribution in [0.5, 0.6) is 0 Å². The first-order valence-corrected chi connectivity index (χ1v) is 13.0. The van der Waals surface area contributed by atoms with Crippen LogP contribution in [0.2, 0.25) is 0 Å². The molecule has 1 aliphatic rings. The second-order valence-corrected chi connectivity index (χ2v) is 10.1. The summed E-state index contributed by atoms with van der Waals surface area (Å²) in [4.78, 5) is 42.2. The number of nitrogens with one attached hydrogen (secondary N) is 1. The van der Waals surface area contributed by atoms with Crippen LogP contribution in [0.3, 0.4) is 0 Å². The first kappa shape index (κ1) is 28.3. The summed E-state index contributed by atoms with van der Waals surface area (Å²) in [5.41, 5.74) is 2.73. The van der Waals surface area contributed by atoms with Gasteiger partial charge in [-0.2, -0.15) is 0 Å². The summed E-state index contributed by atoms with van der Waals surface area (Å²) in [6.45, 7) is 8.16. The summed E-state index contributed by atoms with van der Waals surface area (Å²) in [5.74, 6) is -2.24. The van der Waals surface area contributed by atoms with Crippen LogP contribution in [0.15, 0.2) is 54.6 Å². The first-order valence-electron chi connectivity index (χ1n) is 13.0. The SMILES string of the molecule is CC(C)C[C@H](CC(=O)O)C(=O)NC(C(=O)N(C)CCN1CCOCC1)c1ccc(-c2ccccc2)cc1. The molecule has 200 valence electrons. The molecule has 1 saturated heterocycles. The van der Waals surface area contributed by atoms with Crippen molar-refractivity contribution < 1.29 is 24.2 Å². The van der Waals surface area contributed by atoms with Crippen LogP contribution in [0.1, 0.15) is 38.3 Å². The number of likely N-dealkylation sites (N-methyl/N-ethyl adjacent to an activating group) is 1. The largest absolute Gasteiger partial charge is 0.481 e. The molecule has 37 heavy (non-hydrogen) atoms. The van der Waals surface area contributed by atoms with E-state index in [9.17, 15) is 19.5 Å². The van der Waals surface area contributed by atoms with Gasteiger partial charge in [0.1, 0.15) is 6.04 Å². The molecule has 0 radical (unpaired) electrons. The molecule has 1 aliphatic heterocycles. The van der Waals surface area contributed by atoms with Crippen molar-refractivity contribution in [3.8, 4) is 11.1 Å². The maximum absolute atomic E-state index is 13.6. The minimum absolute atomic E-state index is 0.144. The van der Waals surface area contributed by atoms with Crippen LogP contribution < -0.4 is 5.32 Å². The molecule has 0 spiro atoms. The van der Waals surface area contributed by atoms with Gasteiger partial charge >= 0.3 is 5.97 Å². The number of ether oxygens (including phenoxy) is 1.